The summed E-state index contributed by atoms with van der Waals surface area (Å²) < 4.78 is 0. The standard InChI is InChI=1S/C20H33N3O2/c24-19(16-4-2-1-3-5-16)23-12-10-17(11-13-23)21-20(25)22-18(14-6-7-14)15-8-9-15/h14-18H,1-13H2,(H2,21,22,25). The molecular formula is C20H33N3O2. The van der Waals surface area contributed by atoms with Gasteiger partial charge >= 0.3 is 6.03 Å². The van der Waals surface area contributed by atoms with Crippen LogP contribution in [0.4, 0.5) is 4.79 Å². The molecule has 0 aromatic heterocycles. The lowest BCUT2D eigenvalue weighted by Gasteiger charge is -2.35. The smallest absolute Gasteiger partial charge is 0.315 e. The zero-order chi connectivity index (χ0) is 17.2. The second kappa shape index (κ2) is 7.55. The average Bonchev–Trinajstić information content (AvgIpc) is 3.54. The molecule has 0 aromatic carbocycles. The highest BCUT2D eigenvalue weighted by Gasteiger charge is 2.42. The van der Waals surface area contributed by atoms with E-state index in [1.807, 2.05) is 4.90 Å². The molecule has 3 amide bonds. The number of hydrogen-bond acceptors (Lipinski definition) is 2. The maximum atomic E-state index is 12.6. The molecule has 3 saturated carbocycles. The third-order valence-electron chi connectivity index (χ3n) is 6.65. The number of nitrogens with one attached hydrogen (secondary N) is 2. The fraction of sp³-hybridized carbons (Fsp3) is 0.900. The van der Waals surface area contributed by atoms with Crippen LogP contribution >= 0.6 is 0 Å². The Labute approximate surface area is 151 Å². The molecule has 2 N–H and O–H groups in total. The predicted molar refractivity (Wildman–Crippen MR) is 97.1 cm³/mol. The van der Waals surface area contributed by atoms with Gasteiger partial charge in [-0.25, -0.2) is 4.79 Å². The maximum absolute atomic E-state index is 12.6. The quantitative estimate of drug-likeness (QED) is 0.803. The molecular weight excluding hydrogens is 314 g/mol. The third kappa shape index (κ3) is 4.48. The first-order valence-electron chi connectivity index (χ1n) is 10.6. The SMILES string of the molecule is O=C(NC1CCN(C(=O)C2CCCCC2)CC1)NC(C1CC1)C1CC1. The van der Waals surface area contributed by atoms with Crippen LogP contribution in [-0.4, -0.2) is 42.0 Å². The van der Waals surface area contributed by atoms with Crippen molar-refractivity contribution < 1.29 is 9.59 Å². The van der Waals surface area contributed by atoms with Gasteiger partial charge < -0.3 is 15.5 Å². The van der Waals surface area contributed by atoms with Gasteiger partial charge in [-0.3, -0.25) is 4.79 Å². The second-order valence-corrected chi connectivity index (χ2v) is 8.75. The van der Waals surface area contributed by atoms with Gasteiger partial charge in [-0.1, -0.05) is 19.3 Å². The van der Waals surface area contributed by atoms with Gasteiger partial charge in [0.15, 0.2) is 0 Å². The Morgan fingerprint density at radius 3 is 1.96 bits per heavy atom. The van der Waals surface area contributed by atoms with E-state index < -0.39 is 0 Å². The molecule has 1 aliphatic heterocycles. The lowest BCUT2D eigenvalue weighted by molar-refractivity contribution is -0.137. The molecule has 5 nitrogen and oxygen atoms in total. The molecule has 140 valence electrons. The summed E-state index contributed by atoms with van der Waals surface area (Å²) in [6, 6.07) is 0.642. The van der Waals surface area contributed by atoms with Gasteiger partial charge in [0.25, 0.3) is 0 Å². The van der Waals surface area contributed by atoms with Gasteiger partial charge in [-0.05, 0) is 63.2 Å². The summed E-state index contributed by atoms with van der Waals surface area (Å²) in [6.07, 6.45) is 12.8. The van der Waals surface area contributed by atoms with Crippen molar-refractivity contribution in [2.75, 3.05) is 13.1 Å². The fourth-order valence-electron chi connectivity index (χ4n) is 4.76. The van der Waals surface area contributed by atoms with E-state index in [0.717, 1.165) is 50.6 Å². The van der Waals surface area contributed by atoms with Gasteiger partial charge in [0.05, 0.1) is 0 Å². The molecule has 4 fully saturated rings. The molecule has 25 heavy (non-hydrogen) atoms. The van der Waals surface area contributed by atoms with Gasteiger partial charge in [0, 0.05) is 31.1 Å². The number of piperidine rings is 1. The van der Waals surface area contributed by atoms with E-state index in [-0.39, 0.29) is 18.0 Å². The molecule has 1 saturated heterocycles. The number of carbonyl (C=O) groups excluding carboxylic acids is 2. The van der Waals surface area contributed by atoms with E-state index in [1.165, 1.54) is 44.9 Å². The Morgan fingerprint density at radius 1 is 0.800 bits per heavy atom. The highest BCUT2D eigenvalue weighted by molar-refractivity contribution is 5.79. The molecule has 4 rings (SSSR count). The second-order valence-electron chi connectivity index (χ2n) is 8.75. The zero-order valence-corrected chi connectivity index (χ0v) is 15.3. The Morgan fingerprint density at radius 2 is 1.40 bits per heavy atom. The lowest BCUT2D eigenvalue weighted by atomic mass is 9.87. The number of rotatable bonds is 5. The molecule has 0 atom stereocenters. The Kier molecular flexibility index (Phi) is 5.18. The summed E-state index contributed by atoms with van der Waals surface area (Å²) in [7, 11) is 0. The number of nitrogens with zero attached hydrogens (tertiary/aromatic N) is 1. The lowest BCUT2D eigenvalue weighted by Crippen LogP contribution is -2.52. The van der Waals surface area contributed by atoms with E-state index in [4.69, 9.17) is 0 Å². The van der Waals surface area contributed by atoms with Crippen molar-refractivity contribution in [3.8, 4) is 0 Å². The number of carbonyl (C=O) groups is 2. The van der Waals surface area contributed by atoms with Crippen molar-refractivity contribution in [2.45, 2.75) is 82.7 Å². The van der Waals surface area contributed by atoms with E-state index in [0.29, 0.717) is 11.9 Å². The molecule has 3 aliphatic carbocycles. The summed E-state index contributed by atoms with van der Waals surface area (Å²) in [6.45, 7) is 1.60. The normalized spacial score (nSPS) is 25.9. The first kappa shape index (κ1) is 17.2. The van der Waals surface area contributed by atoms with Crippen LogP contribution in [0, 0.1) is 17.8 Å². The van der Waals surface area contributed by atoms with Crippen LogP contribution in [0.3, 0.4) is 0 Å². The molecule has 5 heteroatoms. The summed E-state index contributed by atoms with van der Waals surface area (Å²) in [5, 5.41) is 6.41. The number of urea groups is 1. The summed E-state index contributed by atoms with van der Waals surface area (Å²) in [4.78, 5) is 27.0. The van der Waals surface area contributed by atoms with Crippen LogP contribution in [0.15, 0.2) is 0 Å². The molecule has 0 bridgehead atoms. The third-order valence-corrected chi connectivity index (χ3v) is 6.65. The van der Waals surface area contributed by atoms with Crippen molar-refractivity contribution in [3.05, 3.63) is 0 Å². The van der Waals surface area contributed by atoms with Crippen molar-refractivity contribution in [2.24, 2.45) is 17.8 Å². The molecule has 4 aliphatic rings. The van der Waals surface area contributed by atoms with Crippen LogP contribution in [0.2, 0.25) is 0 Å². The molecule has 1 heterocycles. The number of hydrogen-bond donors (Lipinski definition) is 2. The minimum Gasteiger partial charge on any atom is -0.342 e. The predicted octanol–water partition coefficient (Wildman–Crippen LogP) is 3.05. The largest absolute Gasteiger partial charge is 0.342 e. The van der Waals surface area contributed by atoms with E-state index in [9.17, 15) is 9.59 Å². The molecule has 0 unspecified atom stereocenters. The summed E-state index contributed by atoms with van der Waals surface area (Å²) in [5.41, 5.74) is 0. The topological polar surface area (TPSA) is 61.4 Å². The zero-order valence-electron chi connectivity index (χ0n) is 15.3. The van der Waals surface area contributed by atoms with Crippen LogP contribution in [0.5, 0.6) is 0 Å². The minimum absolute atomic E-state index is 0.0147. The van der Waals surface area contributed by atoms with Gasteiger partial charge in [0.2, 0.25) is 5.91 Å². The highest BCUT2D eigenvalue weighted by atomic mass is 16.2. The van der Waals surface area contributed by atoms with Gasteiger partial charge in [-0.2, -0.15) is 0 Å². The Hall–Kier alpha value is -1.26. The summed E-state index contributed by atoms with van der Waals surface area (Å²) in [5.74, 6) is 2.09. The van der Waals surface area contributed by atoms with Gasteiger partial charge in [-0.15, -0.1) is 0 Å². The highest BCUT2D eigenvalue weighted by Crippen LogP contribution is 2.44. The molecule has 0 radical (unpaired) electrons. The van der Waals surface area contributed by atoms with Crippen molar-refractivity contribution >= 4 is 11.9 Å². The molecule has 0 aromatic rings. The number of likely N-dealkylation sites (tertiary alicyclic amines) is 1. The Balaban J connectivity index is 1.19. The van der Waals surface area contributed by atoms with Crippen LogP contribution in [0.25, 0.3) is 0 Å². The van der Waals surface area contributed by atoms with E-state index >= 15 is 0 Å². The first-order chi connectivity index (χ1) is 12.2. The fourth-order valence-corrected chi connectivity index (χ4v) is 4.76. The van der Waals surface area contributed by atoms with E-state index in [1.54, 1.807) is 0 Å². The minimum atomic E-state index is 0.0147. The van der Waals surface area contributed by atoms with Crippen LogP contribution in [0.1, 0.15) is 70.6 Å². The average molecular weight is 348 g/mol. The first-order valence-corrected chi connectivity index (χ1v) is 10.6. The van der Waals surface area contributed by atoms with Crippen molar-refractivity contribution in [3.63, 3.8) is 0 Å². The summed E-state index contributed by atoms with van der Waals surface area (Å²) >= 11 is 0. The van der Waals surface area contributed by atoms with Crippen molar-refractivity contribution in [1.82, 2.24) is 15.5 Å². The monoisotopic (exact) mass is 347 g/mol. The Bertz CT molecular complexity index is 475. The maximum Gasteiger partial charge on any atom is 0.315 e. The van der Waals surface area contributed by atoms with Crippen LogP contribution < -0.4 is 10.6 Å². The number of amides is 3. The van der Waals surface area contributed by atoms with Gasteiger partial charge in [0.1, 0.15) is 0 Å². The van der Waals surface area contributed by atoms with Crippen molar-refractivity contribution in [1.29, 1.82) is 0 Å². The molecule has 0 spiro atoms. The van der Waals surface area contributed by atoms with E-state index in [2.05, 4.69) is 10.6 Å². The van der Waals surface area contributed by atoms with Crippen LogP contribution in [-0.2, 0) is 4.79 Å².